The van der Waals surface area contributed by atoms with Crippen LogP contribution in [0.15, 0.2) is 0 Å². The maximum absolute atomic E-state index is 6.24. The number of rotatable bonds is 2. The van der Waals surface area contributed by atoms with Crippen molar-refractivity contribution in [2.75, 3.05) is 23.7 Å². The minimum Gasteiger partial charge on any atom is -0.354 e. The van der Waals surface area contributed by atoms with Crippen molar-refractivity contribution in [2.24, 2.45) is 0 Å². The van der Waals surface area contributed by atoms with Gasteiger partial charge in [0.25, 0.3) is 0 Å². The second-order valence-corrected chi connectivity index (χ2v) is 7.01. The Morgan fingerprint density at radius 2 is 2.11 bits per heavy atom. The van der Waals surface area contributed by atoms with Crippen LogP contribution in [0.1, 0.15) is 38.1 Å². The summed E-state index contributed by atoms with van der Waals surface area (Å²) in [5.74, 6) is 3.31. The minimum absolute atomic E-state index is 0.304. The lowest BCUT2D eigenvalue weighted by molar-refractivity contribution is 0.730. The van der Waals surface area contributed by atoms with E-state index >= 15 is 0 Å². The molecule has 1 aliphatic heterocycles. The Kier molecular flexibility index (Phi) is 4.38. The van der Waals surface area contributed by atoms with E-state index in [1.165, 1.54) is 0 Å². The molecule has 1 saturated heterocycles. The molecule has 1 aliphatic rings. The van der Waals surface area contributed by atoms with Gasteiger partial charge in [0.1, 0.15) is 16.8 Å². The largest absolute Gasteiger partial charge is 0.354 e. The van der Waals surface area contributed by atoms with Crippen molar-refractivity contribution in [1.82, 2.24) is 9.97 Å². The van der Waals surface area contributed by atoms with E-state index in [-0.39, 0.29) is 0 Å². The molecule has 3 nitrogen and oxygen atoms in total. The van der Waals surface area contributed by atoms with Crippen LogP contribution >= 0.6 is 23.4 Å². The molecule has 18 heavy (non-hydrogen) atoms. The molecule has 0 aliphatic carbocycles. The number of nitrogens with zero attached hydrogens (tertiary/aromatic N) is 3. The first kappa shape index (κ1) is 13.9. The number of halogens is 1. The van der Waals surface area contributed by atoms with Crippen molar-refractivity contribution in [3.63, 3.8) is 0 Å². The molecular formula is C13H20ClN3S. The number of thioether (sulfide) groups is 1. The van der Waals surface area contributed by atoms with Crippen LogP contribution in [0.5, 0.6) is 0 Å². The molecule has 0 radical (unpaired) electrons. The Balaban J connectivity index is 2.36. The van der Waals surface area contributed by atoms with Gasteiger partial charge >= 0.3 is 0 Å². The van der Waals surface area contributed by atoms with Crippen LogP contribution < -0.4 is 4.90 Å². The predicted molar refractivity (Wildman–Crippen MR) is 80.0 cm³/mol. The fraction of sp³-hybridized carbons (Fsp3) is 0.692. The predicted octanol–water partition coefficient (Wildman–Crippen LogP) is 3.50. The number of aromatic nitrogens is 2. The van der Waals surface area contributed by atoms with E-state index in [0.717, 1.165) is 36.0 Å². The van der Waals surface area contributed by atoms with Gasteiger partial charge in [-0.3, -0.25) is 0 Å². The third kappa shape index (κ3) is 2.91. The zero-order valence-corrected chi connectivity index (χ0v) is 13.0. The number of hydrogen-bond donors (Lipinski definition) is 0. The molecular weight excluding hydrogens is 266 g/mol. The normalized spacial score (nSPS) is 20.6. The van der Waals surface area contributed by atoms with Crippen molar-refractivity contribution >= 4 is 29.2 Å². The Bertz CT molecular complexity index is 436. The lowest BCUT2D eigenvalue weighted by atomic mass is 10.2. The van der Waals surface area contributed by atoms with Crippen molar-refractivity contribution < 1.29 is 0 Å². The van der Waals surface area contributed by atoms with E-state index in [2.05, 4.69) is 30.7 Å². The molecule has 0 N–H and O–H groups in total. The summed E-state index contributed by atoms with van der Waals surface area (Å²) in [6.45, 7) is 10.5. The summed E-state index contributed by atoms with van der Waals surface area (Å²) in [5.41, 5.74) is 1.00. The fourth-order valence-electron chi connectivity index (χ4n) is 2.07. The van der Waals surface area contributed by atoms with Crippen molar-refractivity contribution in [1.29, 1.82) is 0 Å². The first-order valence-electron chi connectivity index (χ1n) is 6.39. The first-order valence-corrected chi connectivity index (χ1v) is 7.82. The van der Waals surface area contributed by atoms with Gasteiger partial charge in [-0.05, 0) is 6.92 Å². The smallest absolute Gasteiger partial charge is 0.137 e. The third-order valence-electron chi connectivity index (χ3n) is 3.14. The van der Waals surface area contributed by atoms with Crippen LogP contribution in [0.2, 0.25) is 5.15 Å². The molecule has 1 aromatic rings. The molecule has 0 aromatic carbocycles. The van der Waals surface area contributed by atoms with Crippen molar-refractivity contribution in [3.8, 4) is 0 Å². The minimum atomic E-state index is 0.304. The summed E-state index contributed by atoms with van der Waals surface area (Å²) >= 11 is 8.25. The zero-order valence-electron chi connectivity index (χ0n) is 11.4. The van der Waals surface area contributed by atoms with Crippen LogP contribution in [-0.4, -0.2) is 34.1 Å². The van der Waals surface area contributed by atoms with Gasteiger partial charge in [0, 0.05) is 35.6 Å². The van der Waals surface area contributed by atoms with E-state index in [9.17, 15) is 0 Å². The van der Waals surface area contributed by atoms with Crippen LogP contribution in [0.4, 0.5) is 5.82 Å². The van der Waals surface area contributed by atoms with Crippen molar-refractivity contribution in [3.05, 3.63) is 16.5 Å². The average Bonchev–Trinajstić information content (AvgIpc) is 2.32. The van der Waals surface area contributed by atoms with E-state index < -0.39 is 0 Å². The van der Waals surface area contributed by atoms with E-state index in [1.54, 1.807) is 0 Å². The van der Waals surface area contributed by atoms with Gasteiger partial charge in [-0.25, -0.2) is 9.97 Å². The maximum Gasteiger partial charge on any atom is 0.137 e. The first-order chi connectivity index (χ1) is 8.49. The quantitative estimate of drug-likeness (QED) is 0.778. The summed E-state index contributed by atoms with van der Waals surface area (Å²) in [4.78, 5) is 11.4. The Hall–Kier alpha value is -0.480. The number of anilines is 1. The highest BCUT2D eigenvalue weighted by Crippen LogP contribution is 2.29. The van der Waals surface area contributed by atoms with E-state index in [1.807, 2.05) is 18.7 Å². The third-order valence-corrected chi connectivity index (χ3v) is 4.64. The molecule has 0 spiro atoms. The average molecular weight is 286 g/mol. The van der Waals surface area contributed by atoms with Gasteiger partial charge < -0.3 is 4.90 Å². The summed E-state index contributed by atoms with van der Waals surface area (Å²) in [7, 11) is 0. The van der Waals surface area contributed by atoms with Gasteiger partial charge in [-0.2, -0.15) is 11.8 Å². The molecule has 0 saturated carbocycles. The van der Waals surface area contributed by atoms with Gasteiger partial charge in [0.15, 0.2) is 0 Å². The molecule has 1 unspecified atom stereocenters. The zero-order chi connectivity index (χ0) is 13.3. The summed E-state index contributed by atoms with van der Waals surface area (Å²) < 4.78 is 0. The van der Waals surface area contributed by atoms with Crippen LogP contribution in [0, 0.1) is 6.92 Å². The topological polar surface area (TPSA) is 29.0 Å². The Labute approximate surface area is 118 Å². The van der Waals surface area contributed by atoms with Crippen LogP contribution in [0.25, 0.3) is 0 Å². The maximum atomic E-state index is 6.24. The van der Waals surface area contributed by atoms with Crippen LogP contribution in [0.3, 0.4) is 0 Å². The highest BCUT2D eigenvalue weighted by Gasteiger charge is 2.22. The molecule has 1 aromatic heterocycles. The van der Waals surface area contributed by atoms with Crippen molar-refractivity contribution in [2.45, 2.75) is 38.9 Å². The fourth-order valence-corrected chi connectivity index (χ4v) is 3.26. The second kappa shape index (κ2) is 5.66. The highest BCUT2D eigenvalue weighted by atomic mass is 35.5. The molecule has 2 rings (SSSR count). The van der Waals surface area contributed by atoms with Crippen LogP contribution in [-0.2, 0) is 0 Å². The molecule has 5 heteroatoms. The molecule has 1 fully saturated rings. The monoisotopic (exact) mass is 285 g/mol. The number of hydrogen-bond acceptors (Lipinski definition) is 4. The van der Waals surface area contributed by atoms with Gasteiger partial charge in [0.2, 0.25) is 0 Å². The summed E-state index contributed by atoms with van der Waals surface area (Å²) in [6.07, 6.45) is 0. The molecule has 1 atom stereocenters. The lowest BCUT2D eigenvalue weighted by Crippen LogP contribution is -2.37. The van der Waals surface area contributed by atoms with E-state index in [4.69, 9.17) is 16.6 Å². The van der Waals surface area contributed by atoms with Gasteiger partial charge in [-0.15, -0.1) is 0 Å². The van der Waals surface area contributed by atoms with E-state index in [0.29, 0.717) is 16.3 Å². The summed E-state index contributed by atoms with van der Waals surface area (Å²) in [6, 6.07) is 0. The van der Waals surface area contributed by atoms with Gasteiger partial charge in [0.05, 0.1) is 0 Å². The molecule has 2 heterocycles. The highest BCUT2D eigenvalue weighted by molar-refractivity contribution is 8.00. The Morgan fingerprint density at radius 1 is 1.39 bits per heavy atom. The summed E-state index contributed by atoms with van der Waals surface area (Å²) in [5, 5.41) is 1.24. The molecule has 0 amide bonds. The van der Waals surface area contributed by atoms with Gasteiger partial charge in [-0.1, -0.05) is 32.4 Å². The lowest BCUT2D eigenvalue weighted by Gasteiger charge is -2.32. The standard InChI is InChI=1S/C13H20ClN3S/c1-8(2)12-15-11(14)10(4)13(16-12)17-5-6-18-9(3)7-17/h8-9H,5-7H2,1-4H3. The molecule has 0 bridgehead atoms. The SMILES string of the molecule is Cc1c(Cl)nc(C(C)C)nc1N1CCSC(C)C1. The second-order valence-electron chi connectivity index (χ2n) is 5.10. The molecule has 100 valence electrons. The Morgan fingerprint density at radius 3 is 2.72 bits per heavy atom.